The van der Waals surface area contributed by atoms with Crippen molar-refractivity contribution in [2.24, 2.45) is 0 Å². The van der Waals surface area contributed by atoms with Crippen LogP contribution < -0.4 is 5.73 Å². The van der Waals surface area contributed by atoms with Gasteiger partial charge >= 0.3 is 0 Å². The lowest BCUT2D eigenvalue weighted by Crippen LogP contribution is -2.30. The summed E-state index contributed by atoms with van der Waals surface area (Å²) >= 11 is 0. The second-order valence-electron chi connectivity index (χ2n) is 5.94. The standard InChI is InChI=1S/C18H22N2/c1-13-8-14(2)10-15(9-13)11-20-7-6-16-4-3-5-18(19)17(16)12-20/h3-5,8-10H,6-7,11-12,19H2,1-2H3. The fraction of sp³-hybridized carbons (Fsp3) is 0.333. The van der Waals surface area contributed by atoms with Crippen LogP contribution >= 0.6 is 0 Å². The van der Waals surface area contributed by atoms with Crippen LogP contribution in [-0.2, 0) is 19.5 Å². The van der Waals surface area contributed by atoms with Crippen molar-refractivity contribution in [1.82, 2.24) is 4.90 Å². The van der Waals surface area contributed by atoms with Gasteiger partial charge in [-0.1, -0.05) is 41.5 Å². The molecule has 0 saturated heterocycles. The topological polar surface area (TPSA) is 29.3 Å². The van der Waals surface area contributed by atoms with Crippen LogP contribution in [0.25, 0.3) is 0 Å². The molecule has 2 aromatic rings. The van der Waals surface area contributed by atoms with E-state index in [4.69, 9.17) is 5.73 Å². The molecule has 2 N–H and O–H groups in total. The van der Waals surface area contributed by atoms with Crippen LogP contribution in [0.5, 0.6) is 0 Å². The molecule has 0 radical (unpaired) electrons. The zero-order valence-corrected chi connectivity index (χ0v) is 12.3. The van der Waals surface area contributed by atoms with Crippen molar-refractivity contribution in [3.8, 4) is 0 Å². The summed E-state index contributed by atoms with van der Waals surface area (Å²) in [6, 6.07) is 13.1. The highest BCUT2D eigenvalue weighted by Crippen LogP contribution is 2.25. The molecule has 0 aliphatic carbocycles. The lowest BCUT2D eigenvalue weighted by molar-refractivity contribution is 0.246. The first-order valence-electron chi connectivity index (χ1n) is 7.27. The second kappa shape index (κ2) is 5.29. The maximum absolute atomic E-state index is 6.12. The lowest BCUT2D eigenvalue weighted by atomic mass is 9.97. The van der Waals surface area contributed by atoms with Gasteiger partial charge in [0, 0.05) is 25.3 Å². The SMILES string of the molecule is Cc1cc(C)cc(CN2CCc3cccc(N)c3C2)c1. The summed E-state index contributed by atoms with van der Waals surface area (Å²) in [5.74, 6) is 0. The molecule has 0 atom stereocenters. The minimum atomic E-state index is 0.938. The molecule has 2 aromatic carbocycles. The van der Waals surface area contributed by atoms with E-state index in [2.05, 4.69) is 49.1 Å². The molecule has 2 nitrogen and oxygen atoms in total. The van der Waals surface area contributed by atoms with Crippen LogP contribution in [0.3, 0.4) is 0 Å². The first-order valence-corrected chi connectivity index (χ1v) is 7.27. The van der Waals surface area contributed by atoms with Gasteiger partial charge in [0.1, 0.15) is 0 Å². The van der Waals surface area contributed by atoms with Crippen molar-refractivity contribution >= 4 is 5.69 Å². The molecule has 2 heteroatoms. The van der Waals surface area contributed by atoms with Crippen LogP contribution in [0.2, 0.25) is 0 Å². The van der Waals surface area contributed by atoms with Crippen molar-refractivity contribution in [1.29, 1.82) is 0 Å². The Bertz CT molecular complexity index is 611. The minimum Gasteiger partial charge on any atom is -0.398 e. The van der Waals surface area contributed by atoms with E-state index in [1.807, 2.05) is 6.07 Å². The van der Waals surface area contributed by atoms with E-state index in [0.29, 0.717) is 0 Å². The molecule has 0 aromatic heterocycles. The van der Waals surface area contributed by atoms with Crippen molar-refractivity contribution < 1.29 is 0 Å². The number of rotatable bonds is 2. The molecule has 0 fully saturated rings. The van der Waals surface area contributed by atoms with E-state index in [1.54, 1.807) is 0 Å². The molecule has 0 amide bonds. The van der Waals surface area contributed by atoms with E-state index < -0.39 is 0 Å². The van der Waals surface area contributed by atoms with E-state index in [9.17, 15) is 0 Å². The Morgan fingerprint density at radius 1 is 1.10 bits per heavy atom. The Hall–Kier alpha value is -1.80. The first kappa shape index (κ1) is 13.2. The zero-order chi connectivity index (χ0) is 14.1. The Labute approximate surface area is 121 Å². The number of anilines is 1. The largest absolute Gasteiger partial charge is 0.398 e. The van der Waals surface area contributed by atoms with Crippen LogP contribution in [-0.4, -0.2) is 11.4 Å². The molecular formula is C18H22N2. The normalized spacial score (nSPS) is 15.1. The van der Waals surface area contributed by atoms with Gasteiger partial charge in [0.25, 0.3) is 0 Å². The van der Waals surface area contributed by atoms with Gasteiger partial charge in [-0.15, -0.1) is 0 Å². The number of nitrogens with zero attached hydrogens (tertiary/aromatic N) is 1. The number of hydrogen-bond acceptors (Lipinski definition) is 2. The van der Waals surface area contributed by atoms with Gasteiger partial charge < -0.3 is 5.73 Å². The molecule has 0 saturated carbocycles. The number of benzene rings is 2. The summed E-state index contributed by atoms with van der Waals surface area (Å²) in [5, 5.41) is 0. The molecule has 20 heavy (non-hydrogen) atoms. The van der Waals surface area contributed by atoms with Gasteiger partial charge in [-0.2, -0.15) is 0 Å². The molecule has 104 valence electrons. The highest BCUT2D eigenvalue weighted by Gasteiger charge is 2.18. The van der Waals surface area contributed by atoms with Gasteiger partial charge in [0.2, 0.25) is 0 Å². The summed E-state index contributed by atoms with van der Waals surface area (Å²) < 4.78 is 0. The van der Waals surface area contributed by atoms with Crippen LogP contribution in [0.1, 0.15) is 27.8 Å². The highest BCUT2D eigenvalue weighted by molar-refractivity contribution is 5.51. The summed E-state index contributed by atoms with van der Waals surface area (Å²) in [4.78, 5) is 2.49. The summed E-state index contributed by atoms with van der Waals surface area (Å²) in [6.45, 7) is 7.43. The van der Waals surface area contributed by atoms with Gasteiger partial charge in [-0.25, -0.2) is 0 Å². The Kier molecular flexibility index (Phi) is 3.49. The van der Waals surface area contributed by atoms with Gasteiger partial charge in [0.15, 0.2) is 0 Å². The highest BCUT2D eigenvalue weighted by atomic mass is 15.1. The Morgan fingerprint density at radius 3 is 2.60 bits per heavy atom. The molecular weight excluding hydrogens is 244 g/mol. The summed E-state index contributed by atoms with van der Waals surface area (Å²) in [7, 11) is 0. The predicted octanol–water partition coefficient (Wildman–Crippen LogP) is 3.44. The maximum Gasteiger partial charge on any atom is 0.0362 e. The zero-order valence-electron chi connectivity index (χ0n) is 12.3. The van der Waals surface area contributed by atoms with Gasteiger partial charge in [-0.3, -0.25) is 4.90 Å². The van der Waals surface area contributed by atoms with E-state index in [-0.39, 0.29) is 0 Å². The summed E-state index contributed by atoms with van der Waals surface area (Å²) in [5.41, 5.74) is 13.9. The van der Waals surface area contributed by atoms with Crippen molar-refractivity contribution in [3.63, 3.8) is 0 Å². The second-order valence-corrected chi connectivity index (χ2v) is 5.94. The fourth-order valence-electron chi connectivity index (χ4n) is 3.22. The van der Waals surface area contributed by atoms with Gasteiger partial charge in [0.05, 0.1) is 0 Å². The quantitative estimate of drug-likeness (QED) is 0.844. The number of hydrogen-bond donors (Lipinski definition) is 1. The van der Waals surface area contributed by atoms with Crippen LogP contribution in [0, 0.1) is 13.8 Å². The molecule has 1 aliphatic rings. The average Bonchev–Trinajstić information content (AvgIpc) is 2.38. The first-order chi connectivity index (χ1) is 9.61. The Morgan fingerprint density at radius 2 is 1.85 bits per heavy atom. The minimum absolute atomic E-state index is 0.938. The van der Waals surface area contributed by atoms with E-state index in [0.717, 1.165) is 31.7 Å². The lowest BCUT2D eigenvalue weighted by Gasteiger charge is -2.29. The van der Waals surface area contributed by atoms with E-state index >= 15 is 0 Å². The predicted molar refractivity (Wildman–Crippen MR) is 84.6 cm³/mol. The van der Waals surface area contributed by atoms with Crippen molar-refractivity contribution in [2.45, 2.75) is 33.4 Å². The van der Waals surface area contributed by atoms with Crippen molar-refractivity contribution in [2.75, 3.05) is 12.3 Å². The molecule has 1 aliphatic heterocycles. The third-order valence-corrected chi connectivity index (χ3v) is 4.08. The smallest absolute Gasteiger partial charge is 0.0362 e. The maximum atomic E-state index is 6.12. The third-order valence-electron chi connectivity index (χ3n) is 4.08. The number of nitrogen functional groups attached to an aromatic ring is 1. The third kappa shape index (κ3) is 2.70. The average molecular weight is 266 g/mol. The Balaban J connectivity index is 1.79. The van der Waals surface area contributed by atoms with Crippen LogP contribution in [0.15, 0.2) is 36.4 Å². The molecule has 0 unspecified atom stereocenters. The summed E-state index contributed by atoms with van der Waals surface area (Å²) in [6.07, 6.45) is 1.10. The number of aryl methyl sites for hydroxylation is 2. The molecule has 0 spiro atoms. The number of fused-ring (bicyclic) bond motifs is 1. The molecule has 1 heterocycles. The molecule has 0 bridgehead atoms. The monoisotopic (exact) mass is 266 g/mol. The number of nitrogens with two attached hydrogens (primary N) is 1. The molecule has 3 rings (SSSR count). The van der Waals surface area contributed by atoms with Crippen LogP contribution in [0.4, 0.5) is 5.69 Å². The van der Waals surface area contributed by atoms with Gasteiger partial charge in [-0.05, 0) is 43.0 Å². The van der Waals surface area contributed by atoms with Crippen molar-refractivity contribution in [3.05, 3.63) is 64.2 Å². The van der Waals surface area contributed by atoms with E-state index in [1.165, 1.54) is 27.8 Å². The fourth-order valence-corrected chi connectivity index (χ4v) is 3.22.